The van der Waals surface area contributed by atoms with Gasteiger partial charge >= 0.3 is 17.1 Å². The first-order chi connectivity index (χ1) is 28.2. The molecule has 0 radical (unpaired) electrons. The number of Topliss-reactive ketones (excluding diaryl/α,β-unsaturated/α-hetero) is 3. The first-order valence-electron chi connectivity index (χ1n) is 20.6. The molecule has 4 saturated carbocycles. The molecule has 0 spiro atoms. The summed E-state index contributed by atoms with van der Waals surface area (Å²) < 4.78 is 89.8. The van der Waals surface area contributed by atoms with Gasteiger partial charge in [-0.3, -0.25) is 19.2 Å². The van der Waals surface area contributed by atoms with Gasteiger partial charge in [-0.15, -0.1) is 0 Å². The Kier molecular flexibility index (Phi) is 13.6. The molecule has 0 saturated heterocycles. The van der Waals surface area contributed by atoms with E-state index >= 15 is 0 Å². The van der Waals surface area contributed by atoms with E-state index in [1.165, 1.54) is 14.7 Å². The van der Waals surface area contributed by atoms with Crippen LogP contribution in [0.3, 0.4) is 0 Å². The summed E-state index contributed by atoms with van der Waals surface area (Å²) in [6.45, 7) is 4.69. The molecule has 0 heterocycles. The molecule has 0 amide bonds. The van der Waals surface area contributed by atoms with Gasteiger partial charge in [0.05, 0.1) is 23.9 Å². The van der Waals surface area contributed by atoms with Crippen LogP contribution in [0.1, 0.15) is 85.0 Å². The van der Waals surface area contributed by atoms with Crippen molar-refractivity contribution in [1.29, 1.82) is 0 Å². The lowest BCUT2D eigenvalue weighted by Gasteiger charge is -2.58. The molecule has 1 unspecified atom stereocenters. The van der Waals surface area contributed by atoms with Gasteiger partial charge < -0.3 is 9.29 Å². The molecule has 7 rings (SSSR count). The number of rotatable bonds is 12. The largest absolute Gasteiger partial charge is 0.743 e. The number of alkyl halides is 4. The molecular formula is C46H52F4O8S2. The normalized spacial score (nSPS) is 28.5. The van der Waals surface area contributed by atoms with Crippen molar-refractivity contribution in [1.82, 2.24) is 0 Å². The van der Waals surface area contributed by atoms with E-state index in [0.717, 1.165) is 0 Å². The van der Waals surface area contributed by atoms with Gasteiger partial charge in [0, 0.05) is 43.4 Å². The average molecular weight is 873 g/mol. The Balaban J connectivity index is 0.000000263. The summed E-state index contributed by atoms with van der Waals surface area (Å²) >= 11 is 0. The van der Waals surface area contributed by atoms with Crippen molar-refractivity contribution >= 4 is 44.3 Å². The van der Waals surface area contributed by atoms with Crippen molar-refractivity contribution in [2.45, 2.75) is 111 Å². The molecule has 4 aliphatic carbocycles. The van der Waals surface area contributed by atoms with E-state index in [1.807, 2.05) is 13.8 Å². The third-order valence-corrected chi connectivity index (χ3v) is 17.2. The maximum atomic E-state index is 13.8. The van der Waals surface area contributed by atoms with Crippen LogP contribution in [0.4, 0.5) is 17.6 Å². The smallest absolute Gasteiger partial charge is 0.396 e. The standard InChI is InChI=1S/C28H38F4O8S.C18H15S/c1-15(4-7-23(36)40-11-10-27(29,30)28(31,32)41(37,38)39)18-5-6-19-24-20(14-22(35)26(18,19)3)25(2)9-8-17(33)12-16(25)13-21(24)34;1-4-10-16(11-5-1)19(17-12-6-2-7-13-17)18-14-8-3-9-15-18/h15-16,18-20,24H,4-14H2,1-3H3,(H,37,38,39);1-15H/q;+1/p-1/t15-,16?,18-,19+,20+,24+,25+,26-;/m1./s1. The van der Waals surface area contributed by atoms with Gasteiger partial charge in [-0.25, -0.2) is 8.42 Å². The van der Waals surface area contributed by atoms with Crippen LogP contribution in [-0.2, 0) is 44.9 Å². The highest BCUT2D eigenvalue weighted by Gasteiger charge is 2.66. The van der Waals surface area contributed by atoms with E-state index in [0.29, 0.717) is 38.5 Å². The Morgan fingerprint density at radius 1 is 0.833 bits per heavy atom. The van der Waals surface area contributed by atoms with Crippen molar-refractivity contribution in [3.63, 3.8) is 0 Å². The second kappa shape index (κ2) is 17.8. The summed E-state index contributed by atoms with van der Waals surface area (Å²) in [4.78, 5) is 55.7. The van der Waals surface area contributed by atoms with Crippen LogP contribution >= 0.6 is 0 Å². The highest BCUT2D eigenvalue weighted by Crippen LogP contribution is 2.66. The predicted molar refractivity (Wildman–Crippen MR) is 216 cm³/mol. The molecule has 8 atom stereocenters. The summed E-state index contributed by atoms with van der Waals surface area (Å²) in [6, 6.07) is 32.2. The molecule has 0 aromatic heterocycles. The molecule has 3 aromatic carbocycles. The topological polar surface area (TPSA) is 135 Å². The number of hydrogen-bond acceptors (Lipinski definition) is 8. The number of halogens is 4. The molecule has 8 nitrogen and oxygen atoms in total. The minimum atomic E-state index is -6.62. The zero-order chi connectivity index (χ0) is 43.7. The number of ketones is 3. The highest BCUT2D eigenvalue weighted by molar-refractivity contribution is 7.97. The minimum Gasteiger partial charge on any atom is -0.743 e. The lowest BCUT2D eigenvalue weighted by molar-refractivity contribution is -0.175. The van der Waals surface area contributed by atoms with Gasteiger partial charge in [0.2, 0.25) is 0 Å². The fraction of sp³-hybridized carbons (Fsp3) is 0.522. The van der Waals surface area contributed by atoms with Crippen molar-refractivity contribution in [3.05, 3.63) is 91.0 Å². The van der Waals surface area contributed by atoms with E-state index in [2.05, 4.69) is 103 Å². The molecular weight excluding hydrogens is 821 g/mol. The maximum absolute atomic E-state index is 13.8. The Morgan fingerprint density at radius 3 is 1.88 bits per heavy atom. The predicted octanol–water partition coefficient (Wildman–Crippen LogP) is 9.48. The van der Waals surface area contributed by atoms with Gasteiger partial charge in [0.15, 0.2) is 24.8 Å². The number of ether oxygens (including phenoxy) is 1. The first kappa shape index (κ1) is 45.6. The zero-order valence-corrected chi connectivity index (χ0v) is 35.6. The molecule has 0 bridgehead atoms. The Labute approximate surface area is 352 Å². The Bertz CT molecular complexity index is 2040. The van der Waals surface area contributed by atoms with E-state index < -0.39 is 45.7 Å². The molecule has 0 N–H and O–H groups in total. The van der Waals surface area contributed by atoms with E-state index in [9.17, 15) is 49.7 Å². The fourth-order valence-corrected chi connectivity index (χ4v) is 13.3. The fourth-order valence-electron chi connectivity index (χ4n) is 10.7. The third kappa shape index (κ3) is 8.88. The maximum Gasteiger partial charge on any atom is 0.396 e. The van der Waals surface area contributed by atoms with Gasteiger partial charge in [-0.1, -0.05) is 75.4 Å². The molecule has 324 valence electrons. The number of benzene rings is 3. The third-order valence-electron chi connectivity index (χ3n) is 14.1. The molecule has 4 aliphatic rings. The van der Waals surface area contributed by atoms with Crippen LogP contribution in [-0.4, -0.2) is 54.1 Å². The van der Waals surface area contributed by atoms with Crippen LogP contribution < -0.4 is 0 Å². The number of carbonyl (C=O) groups excluding carboxylic acids is 4. The Hall–Kier alpha value is -3.88. The summed E-state index contributed by atoms with van der Waals surface area (Å²) in [5, 5.41) is -5.84. The SMILES string of the molecule is C[C@H](CCC(=O)OCCC(F)(F)C(F)(F)S(=O)(=O)[O-])[C@H]1CC[C@H]2[C@@H]3C(=O)CC4CC(=O)CC[C@]4(C)[C@H]3CC(=O)[C@]12C.c1ccc([S+](c2ccccc2)c2ccccc2)cc1. The monoisotopic (exact) mass is 872 g/mol. The van der Waals surface area contributed by atoms with Gasteiger partial charge in [0.25, 0.3) is 0 Å². The molecule has 3 aromatic rings. The number of fused-ring (bicyclic) bond motifs is 5. The molecule has 4 fully saturated rings. The van der Waals surface area contributed by atoms with Gasteiger partial charge in [0.1, 0.15) is 17.3 Å². The molecule has 0 aliphatic heterocycles. The van der Waals surface area contributed by atoms with E-state index in [-0.39, 0.29) is 88.4 Å². The Morgan fingerprint density at radius 2 is 1.37 bits per heavy atom. The van der Waals surface area contributed by atoms with Crippen LogP contribution in [0.15, 0.2) is 106 Å². The highest BCUT2D eigenvalue weighted by atomic mass is 32.2. The van der Waals surface area contributed by atoms with Crippen LogP contribution in [0.2, 0.25) is 0 Å². The molecule has 60 heavy (non-hydrogen) atoms. The van der Waals surface area contributed by atoms with Gasteiger partial charge in [-0.05, 0) is 97.1 Å². The van der Waals surface area contributed by atoms with Crippen LogP contribution in [0, 0.1) is 46.3 Å². The van der Waals surface area contributed by atoms with E-state index in [4.69, 9.17) is 0 Å². The number of hydrogen-bond donors (Lipinski definition) is 0. The average Bonchev–Trinajstić information content (AvgIpc) is 3.57. The second-order valence-corrected chi connectivity index (χ2v) is 20.8. The van der Waals surface area contributed by atoms with Gasteiger partial charge in [-0.2, -0.15) is 17.6 Å². The number of carbonyl (C=O) groups is 4. The van der Waals surface area contributed by atoms with Crippen LogP contribution in [0.5, 0.6) is 0 Å². The summed E-state index contributed by atoms with van der Waals surface area (Å²) in [7, 11) is -6.64. The minimum absolute atomic E-state index is 0.0146. The quantitative estimate of drug-likeness (QED) is 0.0761. The van der Waals surface area contributed by atoms with Crippen LogP contribution in [0.25, 0.3) is 0 Å². The summed E-state index contributed by atoms with van der Waals surface area (Å²) in [5.74, 6) is -6.63. The summed E-state index contributed by atoms with van der Waals surface area (Å²) in [6.07, 6.45) is 1.64. The lowest BCUT2D eigenvalue weighted by Crippen LogP contribution is -2.60. The van der Waals surface area contributed by atoms with Crippen molar-refractivity contribution < 1.29 is 54.4 Å². The first-order valence-corrected chi connectivity index (χ1v) is 23.2. The van der Waals surface area contributed by atoms with Crippen molar-refractivity contribution in [2.24, 2.45) is 46.3 Å². The lowest BCUT2D eigenvalue weighted by atomic mass is 9.44. The molecule has 14 heteroatoms. The van der Waals surface area contributed by atoms with E-state index in [1.54, 1.807) is 0 Å². The second-order valence-electron chi connectivity index (χ2n) is 17.4. The zero-order valence-electron chi connectivity index (χ0n) is 34.0. The number of esters is 1. The van der Waals surface area contributed by atoms with Crippen molar-refractivity contribution in [2.75, 3.05) is 6.61 Å². The summed E-state index contributed by atoms with van der Waals surface area (Å²) in [5.41, 5.74) is -1.01. The van der Waals surface area contributed by atoms with Crippen molar-refractivity contribution in [3.8, 4) is 0 Å².